The van der Waals surface area contributed by atoms with Gasteiger partial charge < -0.3 is 24.2 Å². The van der Waals surface area contributed by atoms with E-state index in [1.54, 1.807) is 0 Å². The number of nitrogens with one attached hydrogen (secondary N) is 2. The predicted octanol–water partition coefficient (Wildman–Crippen LogP) is 2.60. The molecule has 0 aliphatic carbocycles. The SMILES string of the molecule is [O-][S+]1CCc2nc(N3CCC(c4cc(C5=CCCO5)n[nH]4)CC3)nc(NC3CCOCC3)c21. The Morgan fingerprint density at radius 3 is 2.76 bits per heavy atom. The van der Waals surface area contributed by atoms with Crippen molar-refractivity contribution >= 4 is 28.7 Å². The lowest BCUT2D eigenvalue weighted by Gasteiger charge is -2.32. The van der Waals surface area contributed by atoms with E-state index in [9.17, 15) is 4.55 Å². The van der Waals surface area contributed by atoms with Crippen LogP contribution in [0, 0.1) is 0 Å². The van der Waals surface area contributed by atoms with Gasteiger partial charge in [-0.1, -0.05) is 0 Å². The number of aryl methyl sites for hydroxylation is 1. The van der Waals surface area contributed by atoms with Crippen molar-refractivity contribution in [3.63, 3.8) is 0 Å². The van der Waals surface area contributed by atoms with Crippen LogP contribution in [0.2, 0.25) is 0 Å². The Morgan fingerprint density at radius 1 is 1.12 bits per heavy atom. The molecule has 0 saturated carbocycles. The van der Waals surface area contributed by atoms with Gasteiger partial charge in [0.15, 0.2) is 5.82 Å². The molecule has 6 rings (SSSR count). The Hall–Kier alpha value is -2.30. The molecule has 10 heteroatoms. The number of hydrogen-bond donors (Lipinski definition) is 2. The quantitative estimate of drug-likeness (QED) is 0.642. The van der Waals surface area contributed by atoms with E-state index in [1.807, 2.05) is 0 Å². The maximum atomic E-state index is 12.6. The highest BCUT2D eigenvalue weighted by molar-refractivity contribution is 7.91. The van der Waals surface area contributed by atoms with Gasteiger partial charge in [0, 0.05) is 56.8 Å². The summed E-state index contributed by atoms with van der Waals surface area (Å²) in [5.74, 6) is 3.49. The van der Waals surface area contributed by atoms with Crippen molar-refractivity contribution in [1.82, 2.24) is 20.2 Å². The fraction of sp³-hybridized carbons (Fsp3) is 0.609. The van der Waals surface area contributed by atoms with Crippen LogP contribution in [0.15, 0.2) is 17.0 Å². The number of aromatic amines is 1. The molecule has 0 aromatic carbocycles. The van der Waals surface area contributed by atoms with Crippen molar-refractivity contribution in [1.29, 1.82) is 0 Å². The average Bonchev–Trinajstić information content (AvgIpc) is 3.61. The fourth-order valence-corrected chi connectivity index (χ4v) is 6.43. The highest BCUT2D eigenvalue weighted by atomic mass is 32.2. The first-order valence-electron chi connectivity index (χ1n) is 12.0. The first-order valence-corrected chi connectivity index (χ1v) is 13.3. The molecule has 176 valence electrons. The average molecular weight is 471 g/mol. The van der Waals surface area contributed by atoms with E-state index >= 15 is 0 Å². The monoisotopic (exact) mass is 470 g/mol. The molecule has 2 N–H and O–H groups in total. The maximum absolute atomic E-state index is 12.6. The summed E-state index contributed by atoms with van der Waals surface area (Å²) in [7, 11) is 0. The second kappa shape index (κ2) is 9.15. The second-order valence-electron chi connectivity index (χ2n) is 9.15. The summed E-state index contributed by atoms with van der Waals surface area (Å²) in [6.07, 6.45) is 7.72. The molecular weight excluding hydrogens is 440 g/mol. The lowest BCUT2D eigenvalue weighted by molar-refractivity contribution is 0.0903. The molecule has 2 fully saturated rings. The Kier molecular flexibility index (Phi) is 5.89. The van der Waals surface area contributed by atoms with Crippen molar-refractivity contribution in [2.75, 3.05) is 48.9 Å². The zero-order chi connectivity index (χ0) is 22.2. The van der Waals surface area contributed by atoms with Crippen molar-refractivity contribution in [2.45, 2.75) is 55.4 Å². The first kappa shape index (κ1) is 21.2. The van der Waals surface area contributed by atoms with Crippen LogP contribution in [0.4, 0.5) is 11.8 Å². The Bertz CT molecular complexity index is 1030. The fourth-order valence-electron chi connectivity index (χ4n) is 5.12. The normalized spacial score (nSPS) is 24.0. The maximum Gasteiger partial charge on any atom is 0.227 e. The summed E-state index contributed by atoms with van der Waals surface area (Å²) in [4.78, 5) is 12.8. The van der Waals surface area contributed by atoms with Crippen molar-refractivity contribution in [3.05, 3.63) is 29.2 Å². The smallest absolute Gasteiger partial charge is 0.227 e. The van der Waals surface area contributed by atoms with Crippen LogP contribution in [0.1, 0.15) is 55.1 Å². The zero-order valence-corrected chi connectivity index (χ0v) is 19.5. The summed E-state index contributed by atoms with van der Waals surface area (Å²) >= 11 is -1.02. The minimum absolute atomic E-state index is 0.308. The number of hydrogen-bond acceptors (Lipinski definition) is 8. The molecule has 4 aliphatic rings. The summed E-state index contributed by atoms with van der Waals surface area (Å²) in [6, 6.07) is 2.44. The van der Waals surface area contributed by atoms with Crippen LogP contribution in [-0.4, -0.2) is 69.4 Å². The molecule has 2 saturated heterocycles. The minimum atomic E-state index is -1.02. The number of anilines is 2. The van der Waals surface area contributed by atoms with Gasteiger partial charge >= 0.3 is 0 Å². The van der Waals surface area contributed by atoms with Gasteiger partial charge in [-0.05, 0) is 49.0 Å². The standard InChI is InChI=1S/C23H30N6O3S/c30-33-13-7-17-21(33)22(24-16-5-11-31-12-6-16)26-23(25-17)29-8-3-15(4-9-29)18-14-19(28-27-18)20-2-1-10-32-20/h2,14-16H,1,3-13H2,(H,27,28)(H,24,25,26). The van der Waals surface area contributed by atoms with E-state index in [0.717, 1.165) is 105 Å². The third-order valence-corrected chi connectivity index (χ3v) is 8.47. The van der Waals surface area contributed by atoms with E-state index < -0.39 is 11.2 Å². The summed E-state index contributed by atoms with van der Waals surface area (Å²) < 4.78 is 23.8. The van der Waals surface area contributed by atoms with Crippen molar-refractivity contribution in [2.24, 2.45) is 0 Å². The Labute approximate surface area is 196 Å². The van der Waals surface area contributed by atoms with Crippen LogP contribution in [0.3, 0.4) is 0 Å². The van der Waals surface area contributed by atoms with Gasteiger partial charge in [-0.2, -0.15) is 10.1 Å². The molecule has 0 amide bonds. The molecule has 4 aliphatic heterocycles. The van der Waals surface area contributed by atoms with E-state index in [1.165, 1.54) is 5.69 Å². The molecule has 1 unspecified atom stereocenters. The van der Waals surface area contributed by atoms with Crippen LogP contribution in [0.25, 0.3) is 5.76 Å². The molecule has 1 atom stereocenters. The van der Waals surface area contributed by atoms with Gasteiger partial charge in [0.25, 0.3) is 0 Å². The lowest BCUT2D eigenvalue weighted by atomic mass is 9.93. The van der Waals surface area contributed by atoms with Crippen LogP contribution >= 0.6 is 0 Å². The van der Waals surface area contributed by atoms with E-state index in [0.29, 0.717) is 17.7 Å². The topological polar surface area (TPSA) is 111 Å². The van der Waals surface area contributed by atoms with Gasteiger partial charge in [0.2, 0.25) is 10.8 Å². The summed E-state index contributed by atoms with van der Waals surface area (Å²) in [5.41, 5.74) is 3.02. The number of fused-ring (bicyclic) bond motifs is 1. The minimum Gasteiger partial charge on any atom is -0.611 e. The molecule has 2 aromatic heterocycles. The largest absolute Gasteiger partial charge is 0.611 e. The zero-order valence-electron chi connectivity index (χ0n) is 18.7. The van der Waals surface area contributed by atoms with Crippen molar-refractivity contribution < 1.29 is 14.0 Å². The van der Waals surface area contributed by atoms with Gasteiger partial charge in [0.05, 0.1) is 6.61 Å². The second-order valence-corrected chi connectivity index (χ2v) is 10.7. The summed E-state index contributed by atoms with van der Waals surface area (Å²) in [5, 5.41) is 11.3. The van der Waals surface area contributed by atoms with E-state index in [4.69, 9.17) is 19.4 Å². The molecule has 6 heterocycles. The van der Waals surface area contributed by atoms with Crippen LogP contribution < -0.4 is 10.2 Å². The number of nitrogens with zero attached hydrogens (tertiary/aromatic N) is 4. The first-order chi connectivity index (χ1) is 16.2. The number of rotatable bonds is 5. The number of piperidine rings is 1. The molecular formula is C23H30N6O3S. The van der Waals surface area contributed by atoms with Gasteiger partial charge in [-0.15, -0.1) is 0 Å². The third-order valence-electron chi connectivity index (χ3n) is 7.01. The van der Waals surface area contributed by atoms with Crippen LogP contribution in [-0.2, 0) is 27.1 Å². The molecule has 2 aromatic rings. The lowest BCUT2D eigenvalue weighted by Crippen LogP contribution is -2.35. The van der Waals surface area contributed by atoms with E-state index in [2.05, 4.69) is 32.6 Å². The van der Waals surface area contributed by atoms with Crippen LogP contribution in [0.5, 0.6) is 0 Å². The molecule has 0 spiro atoms. The highest BCUT2D eigenvalue weighted by Crippen LogP contribution is 2.35. The Balaban J connectivity index is 1.16. The molecule has 33 heavy (non-hydrogen) atoms. The van der Waals surface area contributed by atoms with E-state index in [-0.39, 0.29) is 0 Å². The number of ether oxygens (including phenoxy) is 2. The van der Waals surface area contributed by atoms with Crippen molar-refractivity contribution in [3.8, 4) is 0 Å². The molecule has 9 nitrogen and oxygen atoms in total. The third kappa shape index (κ3) is 4.31. The van der Waals surface area contributed by atoms with Gasteiger partial charge in [-0.25, -0.2) is 4.98 Å². The summed E-state index contributed by atoms with van der Waals surface area (Å²) in [6.45, 7) is 4.03. The molecule has 0 radical (unpaired) electrons. The number of H-pyrrole nitrogens is 1. The highest BCUT2D eigenvalue weighted by Gasteiger charge is 2.34. The molecule has 0 bridgehead atoms. The van der Waals surface area contributed by atoms with Gasteiger partial charge in [-0.3, -0.25) is 5.10 Å². The Morgan fingerprint density at radius 2 is 1.97 bits per heavy atom. The van der Waals surface area contributed by atoms with Gasteiger partial charge in [0.1, 0.15) is 22.9 Å². The number of aromatic nitrogens is 4. The predicted molar refractivity (Wildman–Crippen MR) is 126 cm³/mol.